The number of nitriles is 1. The van der Waals surface area contributed by atoms with Crippen molar-refractivity contribution in [3.05, 3.63) is 0 Å². The molecule has 0 unspecified atom stereocenters. The summed E-state index contributed by atoms with van der Waals surface area (Å²) < 4.78 is 0. The Labute approximate surface area is 95.8 Å². The molecule has 0 heterocycles. The van der Waals surface area contributed by atoms with Crippen molar-refractivity contribution >= 4 is 80.9 Å². The summed E-state index contributed by atoms with van der Waals surface area (Å²) in [6, 6.07) is 0. The first-order valence-corrected chi connectivity index (χ1v) is 0.512. The van der Waals surface area contributed by atoms with Gasteiger partial charge >= 0.3 is 0 Å². The largest absolute Gasteiger partial charge is 0.337 e. The van der Waals surface area contributed by atoms with E-state index < -0.39 is 0 Å². The summed E-state index contributed by atoms with van der Waals surface area (Å²) in [5, 5.41) is 7.10. The molecule has 0 aromatic heterocycles. The fourth-order valence-electron chi connectivity index (χ4n) is 0. The summed E-state index contributed by atoms with van der Waals surface area (Å²) in [6.07, 6.45) is 1.25. The molecule has 0 spiro atoms. The molecule has 0 aliphatic carbocycles. The van der Waals surface area contributed by atoms with E-state index in [-0.39, 0.29) is 80.9 Å². The van der Waals surface area contributed by atoms with Crippen molar-refractivity contribution in [3.63, 3.8) is 0 Å². The molecule has 0 rings (SSSR count). The third-order valence-electron chi connectivity index (χ3n) is 0. The first kappa shape index (κ1) is 15.8. The molecular weight excluding hydrogens is 102 g/mol. The number of hydrogen-bond donors (Lipinski definition) is 1. The van der Waals surface area contributed by atoms with Crippen LogP contribution in [-0.4, -0.2) is 80.9 Å². The summed E-state index contributed by atoms with van der Waals surface area (Å²) in [4.78, 5) is 0. The molecule has 2 nitrogen and oxygen atoms in total. The fourth-order valence-corrected chi connectivity index (χ4v) is 0. The Morgan fingerprint density at radius 1 is 1.60 bits per heavy atom. The predicted molar refractivity (Wildman–Crippen MR) is 21.3 cm³/mol. The molecule has 0 aliphatic heterocycles. The van der Waals surface area contributed by atoms with Crippen LogP contribution in [0, 0.1) is 11.5 Å². The normalized spacial score (nSPS) is 1.40. The van der Waals surface area contributed by atoms with Gasteiger partial charge in [0.05, 0.1) is 0 Å². The van der Waals surface area contributed by atoms with Crippen LogP contribution < -0.4 is 5.73 Å². The summed E-state index contributed by atoms with van der Waals surface area (Å²) in [5.41, 5.74) is 4.15. The molecule has 0 saturated carbocycles. The molecular formula is CH2KN2Na. The topological polar surface area (TPSA) is 49.8 Å². The van der Waals surface area contributed by atoms with Crippen molar-refractivity contribution in [1.29, 1.82) is 5.26 Å². The smallest absolute Gasteiger partial charge is 0.173 e. The molecule has 0 saturated heterocycles. The van der Waals surface area contributed by atoms with Crippen LogP contribution in [0.3, 0.4) is 0 Å². The van der Waals surface area contributed by atoms with Crippen LogP contribution in [0.5, 0.6) is 0 Å². The van der Waals surface area contributed by atoms with Gasteiger partial charge in [0.1, 0.15) is 0 Å². The first-order chi connectivity index (χ1) is 1.41. The van der Waals surface area contributed by atoms with Gasteiger partial charge in [-0.1, -0.05) is 0 Å². The molecule has 0 aliphatic rings. The Morgan fingerprint density at radius 2 is 1.60 bits per heavy atom. The first-order valence-electron chi connectivity index (χ1n) is 0.512. The van der Waals surface area contributed by atoms with E-state index in [0.29, 0.717) is 0 Å². The number of rotatable bonds is 0. The quantitative estimate of drug-likeness (QED) is 0.235. The molecule has 0 fully saturated rings. The molecule has 2 N–H and O–H groups in total. The van der Waals surface area contributed by atoms with Gasteiger partial charge in [0.2, 0.25) is 0 Å². The van der Waals surface area contributed by atoms with Gasteiger partial charge in [-0.3, -0.25) is 0 Å². The van der Waals surface area contributed by atoms with Crippen LogP contribution in [0.25, 0.3) is 0 Å². The molecule has 0 amide bonds. The predicted octanol–water partition coefficient (Wildman–Crippen LogP) is -1.34. The van der Waals surface area contributed by atoms with Crippen molar-refractivity contribution in [3.8, 4) is 6.19 Å². The number of nitrogens with zero attached hydrogens (tertiary/aromatic N) is 1. The molecule has 0 aromatic carbocycles. The van der Waals surface area contributed by atoms with Gasteiger partial charge < -0.3 is 5.73 Å². The van der Waals surface area contributed by atoms with Crippen LogP contribution in [0.15, 0.2) is 0 Å². The molecule has 0 aromatic rings. The van der Waals surface area contributed by atoms with E-state index in [0.717, 1.165) is 0 Å². The maximum absolute atomic E-state index is 7.10. The third kappa shape index (κ3) is 24.6. The summed E-state index contributed by atoms with van der Waals surface area (Å²) in [6.45, 7) is 0. The van der Waals surface area contributed by atoms with Crippen molar-refractivity contribution in [2.75, 3.05) is 0 Å². The summed E-state index contributed by atoms with van der Waals surface area (Å²) >= 11 is 0. The van der Waals surface area contributed by atoms with Gasteiger partial charge in [0, 0.05) is 80.9 Å². The molecule has 2 radical (unpaired) electrons. The Bertz CT molecular complexity index is 31.1. The van der Waals surface area contributed by atoms with Gasteiger partial charge in [-0.25, -0.2) is 0 Å². The van der Waals surface area contributed by atoms with Crippen molar-refractivity contribution in [2.24, 2.45) is 5.73 Å². The van der Waals surface area contributed by atoms with Gasteiger partial charge in [0.25, 0.3) is 0 Å². The minimum atomic E-state index is 0. The van der Waals surface area contributed by atoms with Gasteiger partial charge in [-0.15, -0.1) is 0 Å². The summed E-state index contributed by atoms with van der Waals surface area (Å²) in [5.74, 6) is 0. The zero-order valence-electron chi connectivity index (χ0n) is 3.52. The van der Waals surface area contributed by atoms with Crippen LogP contribution in [0.2, 0.25) is 0 Å². The van der Waals surface area contributed by atoms with E-state index in [1.807, 2.05) is 0 Å². The van der Waals surface area contributed by atoms with Crippen molar-refractivity contribution in [2.45, 2.75) is 0 Å². The minimum Gasteiger partial charge on any atom is -0.337 e. The second-order valence-corrected chi connectivity index (χ2v) is 0.129. The summed E-state index contributed by atoms with van der Waals surface area (Å²) in [7, 11) is 0. The third-order valence-corrected chi connectivity index (χ3v) is 0. The second-order valence-electron chi connectivity index (χ2n) is 0.129. The van der Waals surface area contributed by atoms with E-state index >= 15 is 0 Å². The zero-order valence-corrected chi connectivity index (χ0v) is 8.65. The Hall–Kier alpha value is 1.93. The van der Waals surface area contributed by atoms with Crippen LogP contribution >= 0.6 is 0 Å². The maximum Gasteiger partial charge on any atom is 0.173 e. The molecule has 5 heavy (non-hydrogen) atoms. The van der Waals surface area contributed by atoms with E-state index in [4.69, 9.17) is 5.26 Å². The average molecular weight is 104 g/mol. The Morgan fingerprint density at radius 3 is 1.60 bits per heavy atom. The molecule has 4 heteroatoms. The van der Waals surface area contributed by atoms with Gasteiger partial charge in [-0.05, 0) is 0 Å². The number of hydrogen-bond acceptors (Lipinski definition) is 2. The van der Waals surface area contributed by atoms with Gasteiger partial charge in [-0.2, -0.15) is 5.26 Å². The molecule has 0 atom stereocenters. The van der Waals surface area contributed by atoms with Crippen molar-refractivity contribution in [1.82, 2.24) is 0 Å². The SMILES string of the molecule is N#CN.[K].[Na]. The van der Waals surface area contributed by atoms with Crippen LogP contribution in [0.4, 0.5) is 0 Å². The van der Waals surface area contributed by atoms with E-state index in [2.05, 4.69) is 5.73 Å². The number of nitrogens with two attached hydrogens (primary N) is 1. The van der Waals surface area contributed by atoms with Crippen molar-refractivity contribution < 1.29 is 0 Å². The molecule has 18 valence electrons. The van der Waals surface area contributed by atoms with Gasteiger partial charge in [0.15, 0.2) is 6.19 Å². The molecule has 0 bridgehead atoms. The maximum atomic E-state index is 7.10. The average Bonchev–Trinajstić information content (AvgIpc) is 0.918. The van der Waals surface area contributed by atoms with E-state index in [1.165, 1.54) is 6.19 Å². The Balaban J connectivity index is -0.0000000200. The minimum absolute atomic E-state index is 0. The van der Waals surface area contributed by atoms with E-state index in [1.54, 1.807) is 0 Å². The van der Waals surface area contributed by atoms with E-state index in [9.17, 15) is 0 Å². The monoisotopic (exact) mass is 104 g/mol. The van der Waals surface area contributed by atoms with Crippen LogP contribution in [0.1, 0.15) is 0 Å². The zero-order chi connectivity index (χ0) is 2.71. The Kier molecular flexibility index (Phi) is 53.0. The fraction of sp³-hybridized carbons (Fsp3) is 0. The second kappa shape index (κ2) is 16.8. The standard InChI is InChI=1S/CH2N2.K.Na/c2-1-3;;/h2H2;;. The van der Waals surface area contributed by atoms with Crippen LogP contribution in [-0.2, 0) is 0 Å².